The van der Waals surface area contributed by atoms with Gasteiger partial charge in [-0.25, -0.2) is 0 Å². The van der Waals surface area contributed by atoms with Crippen LogP contribution in [-0.4, -0.2) is 12.5 Å². The number of halogens is 5. The summed E-state index contributed by atoms with van der Waals surface area (Å²) in [4.78, 5) is 11.8. The summed E-state index contributed by atoms with van der Waals surface area (Å²) in [6.07, 6.45) is -4.58. The summed E-state index contributed by atoms with van der Waals surface area (Å²) >= 11 is 11.5. The molecule has 3 nitrogen and oxygen atoms in total. The number of alkyl halides is 3. The van der Waals surface area contributed by atoms with Crippen LogP contribution in [0, 0.1) is 0 Å². The third-order valence-corrected chi connectivity index (χ3v) is 3.81. The molecule has 24 heavy (non-hydrogen) atoms. The van der Waals surface area contributed by atoms with Crippen LogP contribution < -0.4 is 10.6 Å². The van der Waals surface area contributed by atoms with Gasteiger partial charge in [0.05, 0.1) is 17.1 Å². The number of hydrogen-bond acceptors (Lipinski definition) is 2. The molecule has 2 rings (SSSR count). The molecule has 0 atom stereocenters. The van der Waals surface area contributed by atoms with E-state index in [0.29, 0.717) is 11.6 Å². The predicted molar refractivity (Wildman–Crippen MR) is 88.2 cm³/mol. The van der Waals surface area contributed by atoms with Gasteiger partial charge in [-0.15, -0.1) is 0 Å². The molecule has 8 heteroatoms. The minimum Gasteiger partial charge on any atom is -0.325 e. The monoisotopic (exact) mass is 376 g/mol. The van der Waals surface area contributed by atoms with Crippen LogP contribution in [0.3, 0.4) is 0 Å². The van der Waals surface area contributed by atoms with E-state index in [4.69, 9.17) is 23.2 Å². The Labute approximate surface area is 146 Å². The Bertz CT molecular complexity index is 736. The highest BCUT2D eigenvalue weighted by atomic mass is 35.5. The fraction of sp³-hybridized carbons (Fsp3) is 0.188. The van der Waals surface area contributed by atoms with Crippen molar-refractivity contribution in [1.82, 2.24) is 5.32 Å². The molecule has 128 valence electrons. The van der Waals surface area contributed by atoms with Gasteiger partial charge in [0, 0.05) is 17.3 Å². The molecule has 0 fully saturated rings. The molecule has 0 aliphatic carbocycles. The first-order valence-electron chi connectivity index (χ1n) is 6.88. The first kappa shape index (κ1) is 18.6. The Hall–Kier alpha value is -1.76. The minimum absolute atomic E-state index is 0.0243. The highest BCUT2D eigenvalue weighted by molar-refractivity contribution is 6.31. The molecule has 2 aromatic rings. The lowest BCUT2D eigenvalue weighted by Gasteiger charge is -2.12. The average molecular weight is 377 g/mol. The Kier molecular flexibility index (Phi) is 6.10. The van der Waals surface area contributed by atoms with E-state index in [0.717, 1.165) is 17.7 Å². The largest absolute Gasteiger partial charge is 0.417 e. The quantitative estimate of drug-likeness (QED) is 0.790. The second-order valence-corrected chi connectivity index (χ2v) is 5.75. The van der Waals surface area contributed by atoms with Gasteiger partial charge >= 0.3 is 6.18 Å². The molecule has 0 unspecified atom stereocenters. The second-order valence-electron chi connectivity index (χ2n) is 4.94. The van der Waals surface area contributed by atoms with Crippen molar-refractivity contribution in [3.8, 4) is 0 Å². The number of amides is 1. The van der Waals surface area contributed by atoms with Crippen LogP contribution in [0.15, 0.2) is 42.5 Å². The highest BCUT2D eigenvalue weighted by Gasteiger charge is 2.33. The second kappa shape index (κ2) is 7.88. The minimum atomic E-state index is -4.58. The average Bonchev–Trinajstić information content (AvgIpc) is 2.50. The summed E-state index contributed by atoms with van der Waals surface area (Å²) < 4.78 is 38.3. The van der Waals surface area contributed by atoms with E-state index in [9.17, 15) is 18.0 Å². The van der Waals surface area contributed by atoms with Crippen molar-refractivity contribution in [2.75, 3.05) is 11.9 Å². The number of nitrogens with one attached hydrogen (secondary N) is 2. The summed E-state index contributed by atoms with van der Waals surface area (Å²) in [6.45, 7) is 0.288. The van der Waals surface area contributed by atoms with Gasteiger partial charge in [0.1, 0.15) is 0 Å². The lowest BCUT2D eigenvalue weighted by Crippen LogP contribution is -2.27. The van der Waals surface area contributed by atoms with Gasteiger partial charge in [-0.3, -0.25) is 4.79 Å². The maximum Gasteiger partial charge on any atom is 0.417 e. The van der Waals surface area contributed by atoms with Crippen molar-refractivity contribution in [2.24, 2.45) is 0 Å². The zero-order chi connectivity index (χ0) is 17.7. The third kappa shape index (κ3) is 5.12. The number of benzene rings is 2. The van der Waals surface area contributed by atoms with Crippen molar-refractivity contribution >= 4 is 34.8 Å². The summed E-state index contributed by atoms with van der Waals surface area (Å²) in [7, 11) is 0. The Balaban J connectivity index is 1.92. The van der Waals surface area contributed by atoms with Crippen molar-refractivity contribution < 1.29 is 18.0 Å². The van der Waals surface area contributed by atoms with Crippen LogP contribution in [0.5, 0.6) is 0 Å². The predicted octanol–water partition coefficient (Wildman–Crippen LogP) is 4.74. The number of carbonyl (C=O) groups is 1. The van der Waals surface area contributed by atoms with Crippen LogP contribution in [0.1, 0.15) is 11.1 Å². The lowest BCUT2D eigenvalue weighted by molar-refractivity contribution is -0.137. The van der Waals surface area contributed by atoms with E-state index >= 15 is 0 Å². The van der Waals surface area contributed by atoms with Gasteiger partial charge in [-0.1, -0.05) is 41.4 Å². The van der Waals surface area contributed by atoms with E-state index in [-0.39, 0.29) is 12.2 Å². The normalized spacial score (nSPS) is 11.4. The molecule has 0 aliphatic rings. The third-order valence-electron chi connectivity index (χ3n) is 3.11. The molecule has 0 heterocycles. The molecule has 1 amide bonds. The number of hydrogen-bond donors (Lipinski definition) is 2. The maximum atomic E-state index is 12.8. The molecule has 0 spiro atoms. The van der Waals surface area contributed by atoms with Gasteiger partial charge < -0.3 is 10.6 Å². The van der Waals surface area contributed by atoms with Gasteiger partial charge in [0.25, 0.3) is 0 Å². The maximum absolute atomic E-state index is 12.8. The summed E-state index contributed by atoms with van der Waals surface area (Å²) in [5.74, 6) is -0.475. The van der Waals surface area contributed by atoms with Gasteiger partial charge in [0.15, 0.2) is 0 Å². The van der Waals surface area contributed by atoms with Crippen molar-refractivity contribution in [2.45, 2.75) is 12.7 Å². The molecule has 2 aromatic carbocycles. The molecule has 2 N–H and O–H groups in total. The van der Waals surface area contributed by atoms with Gasteiger partial charge in [-0.05, 0) is 29.8 Å². The van der Waals surface area contributed by atoms with E-state index in [1.54, 1.807) is 12.1 Å². The molecule has 0 saturated carbocycles. The molecule has 0 radical (unpaired) electrons. The molecule has 0 aliphatic heterocycles. The number of rotatable bonds is 5. The van der Waals surface area contributed by atoms with E-state index in [1.165, 1.54) is 6.07 Å². The first-order valence-corrected chi connectivity index (χ1v) is 7.63. The summed E-state index contributed by atoms with van der Waals surface area (Å²) in [5.41, 5.74) is -0.153. The van der Waals surface area contributed by atoms with Crippen LogP contribution in [-0.2, 0) is 17.5 Å². The highest BCUT2D eigenvalue weighted by Crippen LogP contribution is 2.36. The van der Waals surface area contributed by atoms with Crippen LogP contribution >= 0.6 is 23.2 Å². The van der Waals surface area contributed by atoms with Gasteiger partial charge in [0.2, 0.25) is 5.91 Å². The van der Waals surface area contributed by atoms with E-state index < -0.39 is 22.7 Å². The fourth-order valence-electron chi connectivity index (χ4n) is 1.98. The smallest absolute Gasteiger partial charge is 0.325 e. The fourth-order valence-corrected chi connectivity index (χ4v) is 2.41. The van der Waals surface area contributed by atoms with E-state index in [1.807, 2.05) is 12.1 Å². The Morgan fingerprint density at radius 1 is 1.04 bits per heavy atom. The Morgan fingerprint density at radius 2 is 1.75 bits per heavy atom. The van der Waals surface area contributed by atoms with Crippen molar-refractivity contribution in [3.63, 3.8) is 0 Å². The molecular weight excluding hydrogens is 364 g/mol. The zero-order valence-corrected chi connectivity index (χ0v) is 13.8. The standard InChI is InChI=1S/C16H13Cl2F3N2O/c17-13-4-2-1-3-10(13)8-22-9-15(24)23-11-5-6-14(18)12(7-11)16(19,20)21/h1-7,22H,8-9H2,(H,23,24). The SMILES string of the molecule is O=C(CNCc1ccccc1Cl)Nc1ccc(Cl)c(C(F)(F)F)c1. The molecule has 0 aromatic heterocycles. The van der Waals surface area contributed by atoms with Crippen molar-refractivity contribution in [3.05, 3.63) is 63.6 Å². The van der Waals surface area contributed by atoms with Crippen LogP contribution in [0.25, 0.3) is 0 Å². The number of anilines is 1. The lowest BCUT2D eigenvalue weighted by atomic mass is 10.2. The topological polar surface area (TPSA) is 41.1 Å². The van der Waals surface area contributed by atoms with E-state index in [2.05, 4.69) is 10.6 Å². The number of carbonyl (C=O) groups excluding carboxylic acids is 1. The Morgan fingerprint density at radius 3 is 2.42 bits per heavy atom. The summed E-state index contributed by atoms with van der Waals surface area (Å²) in [5, 5.41) is 5.41. The molecule has 0 bridgehead atoms. The molecule has 0 saturated heterocycles. The molecular formula is C16H13Cl2F3N2O. The zero-order valence-electron chi connectivity index (χ0n) is 12.3. The van der Waals surface area contributed by atoms with Crippen LogP contribution in [0.2, 0.25) is 10.0 Å². The summed E-state index contributed by atoms with van der Waals surface area (Å²) in [6, 6.07) is 10.3. The first-order chi connectivity index (χ1) is 11.3. The van der Waals surface area contributed by atoms with Crippen LogP contribution in [0.4, 0.5) is 18.9 Å². The van der Waals surface area contributed by atoms with Crippen molar-refractivity contribution in [1.29, 1.82) is 0 Å². The van der Waals surface area contributed by atoms with Gasteiger partial charge in [-0.2, -0.15) is 13.2 Å².